The van der Waals surface area contributed by atoms with E-state index in [1.54, 1.807) is 11.8 Å². The molecule has 20 heteroatoms. The van der Waals surface area contributed by atoms with Crippen LogP contribution in [0.25, 0.3) is 0 Å². The number of benzene rings is 3. The van der Waals surface area contributed by atoms with Crippen molar-refractivity contribution in [2.45, 2.75) is 333 Å². The highest BCUT2D eigenvalue weighted by atomic mass is 28.4. The molecule has 1 aliphatic carbocycles. The molecule has 0 bridgehead atoms. The number of carbonyl (C=O) groups is 4. The minimum Gasteiger partial charge on any atom is -0.543 e. The Labute approximate surface area is 597 Å². The Morgan fingerprint density at radius 3 is 1.45 bits per heavy atom. The number of hydrogen-bond donors (Lipinski definition) is 5. The summed E-state index contributed by atoms with van der Waals surface area (Å²) in [7, 11) is -9.88. The monoisotopic (exact) mass is 1430 g/mol. The minimum absolute atomic E-state index is 0.00834. The van der Waals surface area contributed by atoms with Crippen molar-refractivity contribution in [1.29, 1.82) is 5.41 Å². The van der Waals surface area contributed by atoms with Crippen LogP contribution in [-0.4, -0.2) is 127 Å². The van der Waals surface area contributed by atoms with Crippen molar-refractivity contribution >= 4 is 63.0 Å². The van der Waals surface area contributed by atoms with Gasteiger partial charge in [-0.2, -0.15) is 0 Å². The van der Waals surface area contributed by atoms with Crippen LogP contribution >= 0.6 is 0 Å². The molecule has 6 N–H and O–H groups in total. The third-order valence-electron chi connectivity index (χ3n) is 23.0. The largest absolute Gasteiger partial charge is 0.543 e. The van der Waals surface area contributed by atoms with Gasteiger partial charge in [0.1, 0.15) is 36.3 Å². The summed E-state index contributed by atoms with van der Waals surface area (Å²) >= 11 is 0. The van der Waals surface area contributed by atoms with Crippen LogP contribution in [0.15, 0.2) is 78.9 Å². The highest BCUT2D eigenvalue weighted by Gasteiger charge is 2.55. The van der Waals surface area contributed by atoms with Crippen LogP contribution in [0, 0.1) is 11.3 Å². The van der Waals surface area contributed by atoms with E-state index >= 15 is 14.4 Å². The smallest absolute Gasteiger partial charge is 0.416 e. The number of nitrogens with zero attached hydrogens (tertiary/aromatic N) is 2. The number of likely N-dealkylation sites (tertiary alicyclic amines) is 1. The van der Waals surface area contributed by atoms with Gasteiger partial charge in [0.2, 0.25) is 34.4 Å². The van der Waals surface area contributed by atoms with Crippen molar-refractivity contribution in [2.24, 2.45) is 11.7 Å². The van der Waals surface area contributed by atoms with Gasteiger partial charge in [0.15, 0.2) is 5.96 Å². The Bertz CT molecular complexity index is 2930. The van der Waals surface area contributed by atoms with E-state index in [4.69, 9.17) is 33.6 Å². The van der Waals surface area contributed by atoms with Crippen molar-refractivity contribution in [2.75, 3.05) is 13.2 Å². The second-order valence-electron chi connectivity index (χ2n) is 33.1. The van der Waals surface area contributed by atoms with E-state index in [0.29, 0.717) is 62.7 Å². The molecule has 1 saturated carbocycles. The van der Waals surface area contributed by atoms with Crippen LogP contribution in [0.5, 0.6) is 11.5 Å². The number of nitrogens with one attached hydrogen (secondary N) is 3. The zero-order valence-corrected chi connectivity index (χ0v) is 69.3. The number of aliphatic hydroxyl groups is 1. The van der Waals surface area contributed by atoms with Crippen molar-refractivity contribution in [1.82, 2.24) is 20.4 Å². The van der Waals surface area contributed by atoms with Gasteiger partial charge >= 0.3 is 6.09 Å². The van der Waals surface area contributed by atoms with Crippen molar-refractivity contribution in [3.05, 3.63) is 95.6 Å². The van der Waals surface area contributed by atoms with Crippen molar-refractivity contribution < 1.29 is 46.7 Å². The highest BCUT2D eigenvalue weighted by molar-refractivity contribution is 6.79. The topological polar surface area (TPSA) is 215 Å². The maximum Gasteiger partial charge on any atom is 0.416 e. The lowest BCUT2D eigenvalue weighted by Gasteiger charge is -2.47. The third kappa shape index (κ3) is 19.3. The number of rotatable bonds is 36. The standard InChI is InChI=1S/C78H134N6O10Si4/c1-50(2)95(51(3)4,52(5)6)91-66-37-32-62(33-38-66)44-69(81-74(87)72(94-98(59(19)20,60(21)22)61(23)24)45-63-34-39-67(40-35-63)92-96(53(7)8,54(9)10)55(11)12)75(88)84-70-47-68(93-97(56(13)14,57(15)16)58(17)18)41-36-65(70)46-71(84)73(86)82-78(25,49-85)42-29-43-83(76(79)80)77(89)90-48-64-30-27-26-28-31-64/h26-28,30-35,37-40,50-61,65,68-72,85H,29,36,41-49H2,1-25H3,(H3,79,80)(H,81,87)(H,82,86)/t65-,68+,69+,70-,71-,72+,78-/m0/s1. The van der Waals surface area contributed by atoms with Crippen LogP contribution in [0.2, 0.25) is 66.5 Å². The number of guanidine groups is 1. The lowest BCUT2D eigenvalue weighted by atomic mass is 9.83. The van der Waals surface area contributed by atoms with Crippen LogP contribution in [0.4, 0.5) is 4.79 Å². The lowest BCUT2D eigenvalue weighted by molar-refractivity contribution is -0.146. The van der Waals surface area contributed by atoms with E-state index in [0.717, 1.165) is 45.9 Å². The second kappa shape index (κ2) is 35.8. The number of carbonyl (C=O) groups excluding carboxylic acids is 4. The summed E-state index contributed by atoms with van der Waals surface area (Å²) in [5.41, 5.74) is 10.8. The Morgan fingerprint density at radius 1 is 0.592 bits per heavy atom. The molecule has 2 fully saturated rings. The molecular weight excluding hydrogens is 1290 g/mol. The average Bonchev–Trinajstić information content (AvgIpc) is 1.57. The molecule has 1 heterocycles. The van der Waals surface area contributed by atoms with E-state index in [9.17, 15) is 9.90 Å². The molecule has 5 rings (SSSR count). The molecule has 2 aliphatic rings. The van der Waals surface area contributed by atoms with E-state index < -0.39 is 93.5 Å². The first kappa shape index (κ1) is 83.8. The van der Waals surface area contributed by atoms with Crippen LogP contribution < -0.4 is 25.2 Å². The first-order chi connectivity index (χ1) is 45.7. The van der Waals surface area contributed by atoms with Gasteiger partial charge in [0, 0.05) is 31.5 Å². The highest BCUT2D eigenvalue weighted by Crippen LogP contribution is 2.50. The fraction of sp³-hybridized carbons (Fsp3) is 0.705. The number of hydrogen-bond acceptors (Lipinski definition) is 11. The number of aliphatic hydroxyl groups excluding tert-OH is 1. The van der Waals surface area contributed by atoms with Gasteiger partial charge in [-0.05, 0) is 159 Å². The zero-order valence-electron chi connectivity index (χ0n) is 65.3. The quantitative estimate of drug-likeness (QED) is 0.0210. The molecule has 1 aliphatic heterocycles. The van der Waals surface area contributed by atoms with Gasteiger partial charge in [-0.15, -0.1) is 0 Å². The SMILES string of the molecule is CC(C)[Si](Oc1ccc(C[C@@H](NC(=O)[C@@H](Cc2ccc(O[Si](C(C)C)(C(C)C)C(C)C)cc2)O[Si](C(C)C)(C(C)C)C(C)C)C(=O)N2[C@H](C(=O)N[C@](C)(CO)CCCN(C(=N)N)C(=O)OCc3ccccc3)C[C@@H]3CC[C@@H](O[Si](C(C)C)(C(C)C)C(C)C)C[C@@H]32)cc1)(C(C)C)C(C)C. The molecule has 0 spiro atoms. The maximum absolute atomic E-state index is 16.8. The Balaban J connectivity index is 1.67. The van der Waals surface area contributed by atoms with Crippen LogP contribution in [-0.2, 0) is 47.4 Å². The molecule has 16 nitrogen and oxygen atoms in total. The fourth-order valence-corrected chi connectivity index (χ4v) is 40.1. The number of nitrogens with two attached hydrogens (primary N) is 1. The van der Waals surface area contributed by atoms with Crippen molar-refractivity contribution in [3.8, 4) is 11.5 Å². The molecule has 1 saturated heterocycles. The Hall–Kier alpha value is -4.84. The minimum atomic E-state index is -2.80. The van der Waals surface area contributed by atoms with E-state index in [2.05, 4.69) is 189 Å². The normalized spacial score (nSPS) is 18.6. The van der Waals surface area contributed by atoms with Gasteiger partial charge < -0.3 is 48.8 Å². The molecular formula is C78H134N6O10Si4. The van der Waals surface area contributed by atoms with E-state index in [1.807, 2.05) is 66.7 Å². The average molecular weight is 1430 g/mol. The van der Waals surface area contributed by atoms with E-state index in [1.165, 1.54) is 0 Å². The molecule has 7 atom stereocenters. The first-order valence-electron chi connectivity index (χ1n) is 37.5. The summed E-state index contributed by atoms with van der Waals surface area (Å²) in [6, 6.07) is 22.9. The van der Waals surface area contributed by atoms with Crippen LogP contribution in [0.3, 0.4) is 0 Å². The molecule has 3 aromatic rings. The van der Waals surface area contributed by atoms with Gasteiger partial charge in [-0.3, -0.25) is 19.8 Å². The predicted octanol–water partition coefficient (Wildman–Crippen LogP) is 18.1. The Kier molecular flexibility index (Phi) is 30.7. The summed E-state index contributed by atoms with van der Waals surface area (Å²) in [5, 5.41) is 26.2. The molecule has 4 amide bonds. The lowest BCUT2D eigenvalue weighted by Crippen LogP contribution is -2.61. The molecule has 0 aromatic heterocycles. The molecule has 552 valence electrons. The van der Waals surface area contributed by atoms with Crippen molar-refractivity contribution in [3.63, 3.8) is 0 Å². The number of ether oxygens (including phenoxy) is 1. The summed E-state index contributed by atoms with van der Waals surface area (Å²) in [4.78, 5) is 64.8. The number of amides is 4. The fourth-order valence-electron chi connectivity index (χ4n) is 18.5. The molecule has 0 radical (unpaired) electrons. The van der Waals surface area contributed by atoms with Gasteiger partial charge in [0.25, 0.3) is 16.6 Å². The summed E-state index contributed by atoms with van der Waals surface area (Å²) in [6.45, 7) is 55.6. The van der Waals surface area contributed by atoms with Gasteiger partial charge in [-0.1, -0.05) is 221 Å². The van der Waals surface area contributed by atoms with Crippen LogP contribution in [0.1, 0.15) is 228 Å². The number of fused-ring (bicyclic) bond motifs is 1. The summed E-state index contributed by atoms with van der Waals surface area (Å²) in [6.07, 6.45) is 1.25. The van der Waals surface area contributed by atoms with E-state index in [-0.39, 0.29) is 73.4 Å². The summed E-state index contributed by atoms with van der Waals surface area (Å²) in [5.74, 6) is -0.152. The second-order valence-corrected chi connectivity index (χ2v) is 54.7. The molecule has 3 aromatic carbocycles. The Morgan fingerprint density at radius 2 is 1.03 bits per heavy atom. The first-order valence-corrected chi connectivity index (χ1v) is 46.1. The molecule has 0 unspecified atom stereocenters. The van der Waals surface area contributed by atoms with Gasteiger partial charge in [-0.25, -0.2) is 9.69 Å². The molecule has 98 heavy (non-hydrogen) atoms. The zero-order chi connectivity index (χ0) is 73.7. The maximum atomic E-state index is 16.8. The predicted molar refractivity (Wildman–Crippen MR) is 412 cm³/mol. The third-order valence-corrected chi connectivity index (χ3v) is 47.3. The summed E-state index contributed by atoms with van der Waals surface area (Å²) < 4.78 is 35.1. The van der Waals surface area contributed by atoms with Gasteiger partial charge in [0.05, 0.1) is 12.1 Å².